The molecule has 2 aromatic rings. The summed E-state index contributed by atoms with van der Waals surface area (Å²) < 4.78 is 5.27. The van der Waals surface area contributed by atoms with Gasteiger partial charge in [-0.3, -0.25) is 14.5 Å². The highest BCUT2D eigenvalue weighted by molar-refractivity contribution is 7.18. The van der Waals surface area contributed by atoms with Gasteiger partial charge < -0.3 is 14.6 Å². The first-order valence-corrected chi connectivity index (χ1v) is 9.51. The molecule has 8 heteroatoms. The van der Waals surface area contributed by atoms with E-state index < -0.39 is 0 Å². The molecule has 0 atom stereocenters. The number of fused-ring (bicyclic) bond motifs is 3. The smallest absolute Gasteiger partial charge is 0.259 e. The zero-order valence-corrected chi connectivity index (χ0v) is 15.2. The van der Waals surface area contributed by atoms with Gasteiger partial charge in [0.25, 0.3) is 5.56 Å². The molecule has 1 fully saturated rings. The van der Waals surface area contributed by atoms with Crippen molar-refractivity contribution in [1.29, 1.82) is 0 Å². The number of aryl methyl sites for hydroxylation is 2. The van der Waals surface area contributed by atoms with E-state index in [4.69, 9.17) is 4.74 Å². The van der Waals surface area contributed by atoms with Gasteiger partial charge in [0, 0.05) is 18.0 Å². The molecule has 0 saturated carbocycles. The average Bonchev–Trinajstić information content (AvgIpc) is 3.15. The fourth-order valence-corrected chi connectivity index (χ4v) is 4.86. The van der Waals surface area contributed by atoms with Gasteiger partial charge in [-0.25, -0.2) is 4.98 Å². The first-order chi connectivity index (χ1) is 12.1. The van der Waals surface area contributed by atoms with Crippen LogP contribution in [0.5, 0.6) is 0 Å². The van der Waals surface area contributed by atoms with Crippen molar-refractivity contribution in [3.63, 3.8) is 0 Å². The lowest BCUT2D eigenvalue weighted by molar-refractivity contribution is -0.136. The number of carbonyl (C=O) groups excluding carboxylic acids is 1. The van der Waals surface area contributed by atoms with Gasteiger partial charge in [0.15, 0.2) is 0 Å². The number of aromatic amines is 1. The summed E-state index contributed by atoms with van der Waals surface area (Å²) in [4.78, 5) is 38.2. The Bertz CT molecular complexity index is 853. The summed E-state index contributed by atoms with van der Waals surface area (Å²) in [6.07, 6.45) is 3.16. The SMILES string of the molecule is CN(CC(=O)N1CCOCC1)Cc1nc2sc3c(c2c(=O)[nH]1)CCC3. The number of likely N-dealkylation sites (N-methyl/N-ethyl adjacent to an activating group) is 1. The molecule has 1 aliphatic carbocycles. The summed E-state index contributed by atoms with van der Waals surface area (Å²) in [7, 11) is 1.87. The third-order valence-electron chi connectivity index (χ3n) is 4.81. The topological polar surface area (TPSA) is 78.5 Å². The number of amides is 1. The van der Waals surface area contributed by atoms with Crippen molar-refractivity contribution in [3.8, 4) is 0 Å². The van der Waals surface area contributed by atoms with Crippen LogP contribution < -0.4 is 5.56 Å². The molecule has 134 valence electrons. The van der Waals surface area contributed by atoms with Crippen LogP contribution in [0.3, 0.4) is 0 Å². The highest BCUT2D eigenvalue weighted by atomic mass is 32.1. The molecule has 2 aliphatic rings. The van der Waals surface area contributed by atoms with Crippen molar-refractivity contribution in [1.82, 2.24) is 19.8 Å². The molecule has 0 spiro atoms. The molecule has 1 saturated heterocycles. The summed E-state index contributed by atoms with van der Waals surface area (Å²) in [5, 5.41) is 0.772. The van der Waals surface area contributed by atoms with Gasteiger partial charge >= 0.3 is 0 Å². The van der Waals surface area contributed by atoms with E-state index in [-0.39, 0.29) is 11.5 Å². The minimum absolute atomic E-state index is 0.0488. The van der Waals surface area contributed by atoms with Crippen LogP contribution in [-0.4, -0.2) is 65.6 Å². The Morgan fingerprint density at radius 3 is 2.96 bits per heavy atom. The number of nitrogens with zero attached hydrogens (tertiary/aromatic N) is 3. The maximum atomic E-state index is 12.5. The van der Waals surface area contributed by atoms with Crippen LogP contribution in [0.25, 0.3) is 10.2 Å². The summed E-state index contributed by atoms with van der Waals surface area (Å²) in [6.45, 7) is 3.25. The largest absolute Gasteiger partial charge is 0.378 e. The predicted molar refractivity (Wildman–Crippen MR) is 96.0 cm³/mol. The summed E-state index contributed by atoms with van der Waals surface area (Å²) in [5.74, 6) is 0.707. The number of thiophene rings is 1. The van der Waals surface area contributed by atoms with Crippen molar-refractivity contribution in [2.45, 2.75) is 25.8 Å². The second-order valence-corrected chi connectivity index (χ2v) is 7.80. The van der Waals surface area contributed by atoms with Crippen LogP contribution in [-0.2, 0) is 28.9 Å². The lowest BCUT2D eigenvalue weighted by Crippen LogP contribution is -2.45. The Morgan fingerprint density at radius 2 is 2.16 bits per heavy atom. The molecule has 0 aromatic carbocycles. The van der Waals surface area contributed by atoms with Gasteiger partial charge in [0.1, 0.15) is 10.7 Å². The molecule has 0 radical (unpaired) electrons. The Labute approximate surface area is 149 Å². The van der Waals surface area contributed by atoms with Crippen molar-refractivity contribution in [2.75, 3.05) is 39.9 Å². The first kappa shape index (κ1) is 16.7. The number of nitrogens with one attached hydrogen (secondary N) is 1. The number of ether oxygens (including phenoxy) is 1. The maximum absolute atomic E-state index is 12.5. The molecule has 7 nitrogen and oxygen atoms in total. The molecular formula is C17H22N4O3S. The van der Waals surface area contributed by atoms with Crippen molar-refractivity contribution >= 4 is 27.5 Å². The van der Waals surface area contributed by atoms with Crippen LogP contribution >= 0.6 is 11.3 Å². The molecule has 4 rings (SSSR count). The number of hydrogen-bond acceptors (Lipinski definition) is 6. The predicted octanol–water partition coefficient (Wildman–Crippen LogP) is 0.764. The molecular weight excluding hydrogens is 340 g/mol. The quantitative estimate of drug-likeness (QED) is 0.869. The minimum atomic E-state index is -0.0488. The number of carbonyl (C=O) groups is 1. The van der Waals surface area contributed by atoms with E-state index in [2.05, 4.69) is 9.97 Å². The van der Waals surface area contributed by atoms with E-state index in [9.17, 15) is 9.59 Å². The second-order valence-electron chi connectivity index (χ2n) is 6.72. The minimum Gasteiger partial charge on any atom is -0.378 e. The Balaban J connectivity index is 1.47. The third kappa shape index (κ3) is 3.33. The molecule has 0 unspecified atom stereocenters. The van der Waals surface area contributed by atoms with Crippen LogP contribution in [0, 0.1) is 0 Å². The van der Waals surface area contributed by atoms with Crippen LogP contribution in [0.15, 0.2) is 4.79 Å². The van der Waals surface area contributed by atoms with Gasteiger partial charge in [-0.1, -0.05) is 0 Å². The lowest BCUT2D eigenvalue weighted by Gasteiger charge is -2.28. The molecule has 25 heavy (non-hydrogen) atoms. The average molecular weight is 362 g/mol. The first-order valence-electron chi connectivity index (χ1n) is 8.69. The molecule has 0 bridgehead atoms. The van der Waals surface area contributed by atoms with Gasteiger partial charge in [0.2, 0.25) is 5.91 Å². The Kier molecular flexibility index (Phi) is 4.58. The van der Waals surface area contributed by atoms with Crippen LogP contribution in [0.2, 0.25) is 0 Å². The highest BCUT2D eigenvalue weighted by Gasteiger charge is 2.22. The Hall–Kier alpha value is -1.77. The zero-order chi connectivity index (χ0) is 17.4. The fraction of sp³-hybridized carbons (Fsp3) is 0.588. The number of aromatic nitrogens is 2. The third-order valence-corrected chi connectivity index (χ3v) is 6.00. The molecule has 3 heterocycles. The molecule has 1 aliphatic heterocycles. The van der Waals surface area contributed by atoms with E-state index in [1.165, 1.54) is 10.4 Å². The van der Waals surface area contributed by atoms with E-state index in [1.807, 2.05) is 16.8 Å². The van der Waals surface area contributed by atoms with Crippen molar-refractivity contribution < 1.29 is 9.53 Å². The van der Waals surface area contributed by atoms with E-state index >= 15 is 0 Å². The standard InChI is InChI=1S/C17H22N4O3S/c1-20(10-14(22)21-5-7-24-8-6-21)9-13-18-16(23)15-11-3-2-4-12(11)25-17(15)19-13/h2-10H2,1H3,(H,18,19,23). The van der Waals surface area contributed by atoms with Crippen molar-refractivity contribution in [3.05, 3.63) is 26.6 Å². The second kappa shape index (κ2) is 6.86. The lowest BCUT2D eigenvalue weighted by atomic mass is 10.2. The monoisotopic (exact) mass is 362 g/mol. The maximum Gasteiger partial charge on any atom is 0.259 e. The summed E-state index contributed by atoms with van der Waals surface area (Å²) in [6, 6.07) is 0. The normalized spacial score (nSPS) is 17.4. The van der Waals surface area contributed by atoms with Crippen LogP contribution in [0.1, 0.15) is 22.7 Å². The van der Waals surface area contributed by atoms with E-state index in [1.54, 1.807) is 11.3 Å². The fourth-order valence-electron chi connectivity index (χ4n) is 3.58. The number of hydrogen-bond donors (Lipinski definition) is 1. The van der Waals surface area contributed by atoms with Crippen LogP contribution in [0.4, 0.5) is 0 Å². The van der Waals surface area contributed by atoms with E-state index in [0.29, 0.717) is 45.2 Å². The van der Waals surface area contributed by atoms with Gasteiger partial charge in [-0.2, -0.15) is 0 Å². The number of rotatable bonds is 4. The van der Waals surface area contributed by atoms with Gasteiger partial charge in [-0.05, 0) is 31.9 Å². The molecule has 1 amide bonds. The summed E-state index contributed by atoms with van der Waals surface area (Å²) >= 11 is 1.64. The molecule has 2 aromatic heterocycles. The highest BCUT2D eigenvalue weighted by Crippen LogP contribution is 2.34. The van der Waals surface area contributed by atoms with E-state index in [0.717, 1.165) is 29.5 Å². The Morgan fingerprint density at radius 1 is 1.36 bits per heavy atom. The zero-order valence-electron chi connectivity index (χ0n) is 14.3. The van der Waals surface area contributed by atoms with Crippen molar-refractivity contribution in [2.24, 2.45) is 0 Å². The number of H-pyrrole nitrogens is 1. The van der Waals surface area contributed by atoms with Gasteiger partial charge in [-0.15, -0.1) is 11.3 Å². The molecule has 1 N–H and O–H groups in total. The summed E-state index contributed by atoms with van der Waals surface area (Å²) in [5.41, 5.74) is 1.14. The van der Waals surface area contributed by atoms with Gasteiger partial charge in [0.05, 0.1) is 31.7 Å². The number of morpholine rings is 1.